The van der Waals surface area contributed by atoms with Crippen molar-refractivity contribution < 1.29 is 13.5 Å². The summed E-state index contributed by atoms with van der Waals surface area (Å²) in [4.78, 5) is 2.44. The fraction of sp³-hybridized carbons (Fsp3) is 1.00. The van der Waals surface area contributed by atoms with E-state index in [-0.39, 0.29) is 5.54 Å². The Morgan fingerprint density at radius 3 is 2.60 bits per heavy atom. The predicted octanol–water partition coefficient (Wildman–Crippen LogP) is 2.37. The molecule has 2 unspecified atom stereocenters. The van der Waals surface area contributed by atoms with Gasteiger partial charge < -0.3 is 10.1 Å². The van der Waals surface area contributed by atoms with E-state index >= 15 is 0 Å². The van der Waals surface area contributed by atoms with Crippen LogP contribution in [-0.2, 0) is 4.74 Å². The van der Waals surface area contributed by atoms with Crippen molar-refractivity contribution in [2.24, 2.45) is 11.8 Å². The van der Waals surface area contributed by atoms with Crippen molar-refractivity contribution in [1.29, 1.82) is 0 Å². The van der Waals surface area contributed by atoms with Gasteiger partial charge in [0.1, 0.15) is 6.61 Å². The Labute approximate surface area is 121 Å². The molecule has 0 aromatic carbocycles. The zero-order valence-electron chi connectivity index (χ0n) is 12.9. The van der Waals surface area contributed by atoms with Crippen molar-refractivity contribution in [3.8, 4) is 0 Å². The summed E-state index contributed by atoms with van der Waals surface area (Å²) >= 11 is 0. The first-order valence-electron chi connectivity index (χ1n) is 7.77. The number of nitrogens with one attached hydrogen (secondary N) is 1. The highest BCUT2D eigenvalue weighted by Crippen LogP contribution is 2.41. The van der Waals surface area contributed by atoms with Crippen LogP contribution in [0.15, 0.2) is 0 Å². The zero-order chi connectivity index (χ0) is 14.8. The Bertz CT molecular complexity index is 310. The van der Waals surface area contributed by atoms with Gasteiger partial charge in [-0.2, -0.15) is 0 Å². The molecule has 0 amide bonds. The molecule has 1 aliphatic heterocycles. The molecule has 2 atom stereocenters. The third-order valence-corrected chi connectivity index (χ3v) is 4.73. The van der Waals surface area contributed by atoms with Crippen LogP contribution in [0.1, 0.15) is 33.6 Å². The Hall–Kier alpha value is -0.260. The minimum atomic E-state index is -2.37. The maximum absolute atomic E-state index is 12.1. The number of halogens is 2. The van der Waals surface area contributed by atoms with Gasteiger partial charge in [-0.1, -0.05) is 13.8 Å². The molecular weight excluding hydrogens is 262 g/mol. The number of hydrogen-bond acceptors (Lipinski definition) is 3. The van der Waals surface area contributed by atoms with Gasteiger partial charge in [-0.25, -0.2) is 8.78 Å². The summed E-state index contributed by atoms with van der Waals surface area (Å²) in [6, 6.07) is 0.469. The number of rotatable bonds is 7. The molecule has 118 valence electrons. The lowest BCUT2D eigenvalue weighted by molar-refractivity contribution is -0.0111. The molecule has 0 aromatic rings. The van der Waals surface area contributed by atoms with E-state index in [1.165, 1.54) is 12.8 Å². The molecule has 0 radical (unpaired) electrons. The Kier molecular flexibility index (Phi) is 5.37. The van der Waals surface area contributed by atoms with Gasteiger partial charge in [0, 0.05) is 31.2 Å². The van der Waals surface area contributed by atoms with Crippen molar-refractivity contribution in [2.75, 3.05) is 32.8 Å². The van der Waals surface area contributed by atoms with Crippen molar-refractivity contribution in [1.82, 2.24) is 10.2 Å². The molecule has 1 heterocycles. The van der Waals surface area contributed by atoms with Crippen LogP contribution in [0.25, 0.3) is 0 Å². The molecule has 2 aliphatic rings. The summed E-state index contributed by atoms with van der Waals surface area (Å²) in [6.07, 6.45) is 0.257. The maximum Gasteiger partial charge on any atom is 0.261 e. The number of hydrogen-bond donors (Lipinski definition) is 1. The fourth-order valence-corrected chi connectivity index (χ4v) is 3.31. The molecular formula is C15H28F2N2O. The number of nitrogens with zero attached hydrogens (tertiary/aromatic N) is 1. The van der Waals surface area contributed by atoms with Crippen molar-refractivity contribution in [3.63, 3.8) is 0 Å². The first-order valence-corrected chi connectivity index (χ1v) is 7.77. The lowest BCUT2D eigenvalue weighted by Crippen LogP contribution is -2.65. The van der Waals surface area contributed by atoms with E-state index in [1.807, 2.05) is 0 Å². The highest BCUT2D eigenvalue weighted by molar-refractivity contribution is 5.04. The third-order valence-electron chi connectivity index (χ3n) is 4.73. The van der Waals surface area contributed by atoms with Crippen molar-refractivity contribution >= 4 is 0 Å². The van der Waals surface area contributed by atoms with Crippen molar-refractivity contribution in [2.45, 2.75) is 51.6 Å². The molecule has 0 spiro atoms. The number of alkyl halides is 2. The zero-order valence-corrected chi connectivity index (χ0v) is 12.9. The molecule has 2 fully saturated rings. The second kappa shape index (κ2) is 6.67. The topological polar surface area (TPSA) is 24.5 Å². The van der Waals surface area contributed by atoms with E-state index in [0.717, 1.165) is 25.6 Å². The number of ether oxygens (including phenoxy) is 1. The standard InChI is InChI=1S/C15H28F2N2O/c1-11(2)13-8-18-15(3,12-4-5-12)10-19(13)6-7-20-9-14(16)17/h11-14,18H,4-10H2,1-3H3. The van der Waals surface area contributed by atoms with Crippen LogP contribution in [0.2, 0.25) is 0 Å². The molecule has 20 heavy (non-hydrogen) atoms. The minimum absolute atomic E-state index is 0.189. The largest absolute Gasteiger partial charge is 0.374 e. The van der Waals surface area contributed by atoms with Crippen LogP contribution >= 0.6 is 0 Å². The minimum Gasteiger partial charge on any atom is -0.374 e. The van der Waals surface area contributed by atoms with E-state index in [2.05, 4.69) is 31.0 Å². The molecule has 2 rings (SSSR count). The predicted molar refractivity (Wildman–Crippen MR) is 76.2 cm³/mol. The molecule has 3 nitrogen and oxygen atoms in total. The quantitative estimate of drug-likeness (QED) is 0.729. The van der Waals surface area contributed by atoms with Crippen LogP contribution in [0.3, 0.4) is 0 Å². The van der Waals surface area contributed by atoms with Crippen LogP contribution in [0.4, 0.5) is 8.78 Å². The summed E-state index contributed by atoms with van der Waals surface area (Å²) in [5.41, 5.74) is 0.189. The van der Waals surface area contributed by atoms with Gasteiger partial charge >= 0.3 is 0 Å². The normalized spacial score (nSPS) is 32.2. The van der Waals surface area contributed by atoms with Gasteiger partial charge in [0.15, 0.2) is 0 Å². The second-order valence-corrected chi connectivity index (χ2v) is 6.82. The SMILES string of the molecule is CC(C)C1CNC(C)(C2CC2)CN1CCOCC(F)F. The Balaban J connectivity index is 1.86. The van der Waals surface area contributed by atoms with Crippen molar-refractivity contribution in [3.05, 3.63) is 0 Å². The van der Waals surface area contributed by atoms with Crippen LogP contribution in [-0.4, -0.2) is 55.8 Å². The van der Waals surface area contributed by atoms with E-state index < -0.39 is 13.0 Å². The lowest BCUT2D eigenvalue weighted by Gasteiger charge is -2.48. The van der Waals surface area contributed by atoms with Gasteiger partial charge in [0.2, 0.25) is 0 Å². The molecule has 1 saturated heterocycles. The molecule has 1 saturated carbocycles. The van der Waals surface area contributed by atoms with E-state index in [4.69, 9.17) is 4.74 Å². The van der Waals surface area contributed by atoms with E-state index in [1.54, 1.807) is 0 Å². The summed E-state index contributed by atoms with van der Waals surface area (Å²) in [7, 11) is 0. The fourth-order valence-electron chi connectivity index (χ4n) is 3.31. The third kappa shape index (κ3) is 4.12. The Morgan fingerprint density at radius 2 is 2.05 bits per heavy atom. The molecule has 1 aliphatic carbocycles. The van der Waals surface area contributed by atoms with Gasteiger partial charge in [-0.15, -0.1) is 0 Å². The van der Waals surface area contributed by atoms with Crippen LogP contribution < -0.4 is 5.32 Å². The van der Waals surface area contributed by atoms with Crippen LogP contribution in [0.5, 0.6) is 0 Å². The average molecular weight is 290 g/mol. The van der Waals surface area contributed by atoms with Gasteiger partial charge in [0.25, 0.3) is 6.43 Å². The first-order chi connectivity index (χ1) is 9.42. The average Bonchev–Trinajstić information content (AvgIpc) is 3.18. The molecule has 0 bridgehead atoms. The molecule has 5 heteroatoms. The smallest absolute Gasteiger partial charge is 0.261 e. The maximum atomic E-state index is 12.1. The highest BCUT2D eigenvalue weighted by Gasteiger charge is 2.46. The molecule has 1 N–H and O–H groups in total. The summed E-state index contributed by atoms with van der Waals surface area (Å²) in [6.45, 7) is 9.43. The van der Waals surface area contributed by atoms with Gasteiger partial charge in [-0.05, 0) is 31.6 Å². The monoisotopic (exact) mass is 290 g/mol. The highest BCUT2D eigenvalue weighted by atomic mass is 19.3. The Morgan fingerprint density at radius 1 is 1.35 bits per heavy atom. The molecule has 0 aromatic heterocycles. The van der Waals surface area contributed by atoms with E-state index in [0.29, 0.717) is 18.6 Å². The second-order valence-electron chi connectivity index (χ2n) is 6.82. The van der Waals surface area contributed by atoms with Gasteiger partial charge in [0.05, 0.1) is 6.61 Å². The summed E-state index contributed by atoms with van der Waals surface area (Å²) in [5.74, 6) is 1.33. The summed E-state index contributed by atoms with van der Waals surface area (Å²) < 4.78 is 29.2. The number of piperazine rings is 1. The van der Waals surface area contributed by atoms with E-state index in [9.17, 15) is 8.78 Å². The van der Waals surface area contributed by atoms with Crippen LogP contribution in [0, 0.1) is 11.8 Å². The lowest BCUT2D eigenvalue weighted by atomic mass is 9.88. The first kappa shape index (κ1) is 16.1. The van der Waals surface area contributed by atoms with Gasteiger partial charge in [-0.3, -0.25) is 4.90 Å². The summed E-state index contributed by atoms with van der Waals surface area (Å²) in [5, 5.41) is 3.72.